The minimum absolute atomic E-state index is 0.365. The number of hydrogen-bond donors (Lipinski definition) is 0. The Morgan fingerprint density at radius 2 is 1.82 bits per heavy atom. The molecule has 1 rings (SSSR count). The monoisotopic (exact) mass is 236 g/mol. The fourth-order valence-corrected chi connectivity index (χ4v) is 2.50. The summed E-state index contributed by atoms with van der Waals surface area (Å²) in [6, 6.07) is 0.563. The first-order valence-electron chi connectivity index (χ1n) is 6.84. The normalized spacial score (nSPS) is 23.2. The third-order valence-electron chi connectivity index (χ3n) is 4.31. The highest BCUT2D eigenvalue weighted by molar-refractivity contribution is 5.32. The first-order chi connectivity index (χ1) is 7.64. The SMILES string of the molecule is CC1=C(C=CC(C)[N+](C)(C)C)C(C)(C)CCC1. The first-order valence-corrected chi connectivity index (χ1v) is 6.84. The van der Waals surface area contributed by atoms with E-state index in [1.165, 1.54) is 19.3 Å². The van der Waals surface area contributed by atoms with Crippen LogP contribution >= 0.6 is 0 Å². The van der Waals surface area contributed by atoms with Crippen molar-refractivity contribution in [1.82, 2.24) is 0 Å². The lowest BCUT2D eigenvalue weighted by molar-refractivity contribution is -0.887. The number of quaternary nitrogens is 1. The van der Waals surface area contributed by atoms with Crippen molar-refractivity contribution in [2.24, 2.45) is 5.41 Å². The summed E-state index contributed by atoms with van der Waals surface area (Å²) in [7, 11) is 6.76. The molecule has 0 amide bonds. The van der Waals surface area contributed by atoms with Crippen LogP contribution in [0.15, 0.2) is 23.3 Å². The fraction of sp³-hybridized carbons (Fsp3) is 0.750. The van der Waals surface area contributed by atoms with Crippen molar-refractivity contribution in [1.29, 1.82) is 0 Å². The molecule has 0 radical (unpaired) electrons. The van der Waals surface area contributed by atoms with E-state index in [0.29, 0.717) is 11.5 Å². The van der Waals surface area contributed by atoms with Crippen LogP contribution in [0.5, 0.6) is 0 Å². The van der Waals surface area contributed by atoms with Gasteiger partial charge in [-0.15, -0.1) is 0 Å². The molecular weight excluding hydrogens is 206 g/mol. The minimum Gasteiger partial charge on any atom is -0.325 e. The summed E-state index contributed by atoms with van der Waals surface area (Å²) in [5.41, 5.74) is 3.53. The van der Waals surface area contributed by atoms with Crippen LogP contribution in [0.1, 0.15) is 47.0 Å². The van der Waals surface area contributed by atoms with Crippen LogP contribution in [0.2, 0.25) is 0 Å². The van der Waals surface area contributed by atoms with E-state index in [0.717, 1.165) is 4.48 Å². The highest BCUT2D eigenvalue weighted by Gasteiger charge is 2.27. The van der Waals surface area contributed by atoms with Gasteiger partial charge >= 0.3 is 0 Å². The van der Waals surface area contributed by atoms with Gasteiger partial charge in [-0.2, -0.15) is 0 Å². The summed E-state index contributed by atoms with van der Waals surface area (Å²) in [4.78, 5) is 0. The Bertz CT molecular complexity index is 326. The van der Waals surface area contributed by atoms with E-state index in [9.17, 15) is 0 Å². The molecule has 0 N–H and O–H groups in total. The fourth-order valence-electron chi connectivity index (χ4n) is 2.50. The predicted octanol–water partition coefficient (Wildman–Crippen LogP) is 4.16. The minimum atomic E-state index is 0.365. The van der Waals surface area contributed by atoms with E-state index in [1.54, 1.807) is 11.1 Å². The zero-order chi connectivity index (χ0) is 13.3. The number of nitrogens with zero attached hydrogens (tertiary/aromatic N) is 1. The van der Waals surface area contributed by atoms with Crippen LogP contribution in [0.3, 0.4) is 0 Å². The molecule has 1 unspecified atom stereocenters. The van der Waals surface area contributed by atoms with Gasteiger partial charge in [0.15, 0.2) is 0 Å². The van der Waals surface area contributed by atoms with Gasteiger partial charge in [-0.05, 0) is 50.2 Å². The second kappa shape index (κ2) is 4.97. The Kier molecular flexibility index (Phi) is 4.24. The van der Waals surface area contributed by atoms with Crippen molar-refractivity contribution in [2.75, 3.05) is 21.1 Å². The second-order valence-electron chi connectivity index (χ2n) is 7.15. The largest absolute Gasteiger partial charge is 0.325 e. The highest BCUT2D eigenvalue weighted by Crippen LogP contribution is 2.40. The summed E-state index contributed by atoms with van der Waals surface area (Å²) in [6.45, 7) is 9.36. The van der Waals surface area contributed by atoms with Crippen LogP contribution in [-0.2, 0) is 0 Å². The molecule has 1 atom stereocenters. The Hall–Kier alpha value is -0.560. The molecule has 0 saturated carbocycles. The molecule has 0 spiro atoms. The Morgan fingerprint density at radius 3 is 2.29 bits per heavy atom. The summed E-state index contributed by atoms with van der Waals surface area (Å²) >= 11 is 0. The molecule has 1 aliphatic carbocycles. The van der Waals surface area contributed by atoms with Crippen LogP contribution in [0.25, 0.3) is 0 Å². The summed E-state index contributed by atoms with van der Waals surface area (Å²) in [5, 5.41) is 0. The quantitative estimate of drug-likeness (QED) is 0.645. The molecule has 0 heterocycles. The zero-order valence-corrected chi connectivity index (χ0v) is 12.8. The number of allylic oxidation sites excluding steroid dienone is 3. The topological polar surface area (TPSA) is 0 Å². The smallest absolute Gasteiger partial charge is 0.104 e. The maximum absolute atomic E-state index is 2.39. The third kappa shape index (κ3) is 3.70. The van der Waals surface area contributed by atoms with E-state index < -0.39 is 0 Å². The van der Waals surface area contributed by atoms with Crippen molar-refractivity contribution in [2.45, 2.75) is 53.0 Å². The number of likely N-dealkylation sites (N-methyl/N-ethyl adjacent to an activating group) is 1. The van der Waals surface area contributed by atoms with Gasteiger partial charge in [0.25, 0.3) is 0 Å². The second-order valence-corrected chi connectivity index (χ2v) is 7.15. The summed E-state index contributed by atoms with van der Waals surface area (Å²) in [6.07, 6.45) is 8.72. The van der Waals surface area contributed by atoms with E-state index >= 15 is 0 Å². The average Bonchev–Trinajstić information content (AvgIpc) is 2.14. The van der Waals surface area contributed by atoms with Gasteiger partial charge in [0.1, 0.15) is 6.04 Å². The molecule has 0 aromatic carbocycles. The molecule has 0 aromatic heterocycles. The molecule has 1 nitrogen and oxygen atoms in total. The molecule has 0 aliphatic heterocycles. The van der Waals surface area contributed by atoms with E-state index in [-0.39, 0.29) is 0 Å². The average molecular weight is 236 g/mol. The van der Waals surface area contributed by atoms with Gasteiger partial charge in [-0.3, -0.25) is 0 Å². The van der Waals surface area contributed by atoms with Gasteiger partial charge < -0.3 is 4.48 Å². The van der Waals surface area contributed by atoms with Gasteiger partial charge in [-0.25, -0.2) is 0 Å². The molecule has 0 aromatic rings. The maximum Gasteiger partial charge on any atom is 0.104 e. The summed E-state index contributed by atoms with van der Waals surface area (Å²) in [5.74, 6) is 0. The Morgan fingerprint density at radius 1 is 1.24 bits per heavy atom. The standard InChI is InChI=1S/C16H30N/c1-13-9-8-12-16(3,4)15(13)11-10-14(2)17(5,6)7/h10-11,14H,8-9,12H2,1-7H3/q+1. The van der Waals surface area contributed by atoms with Crippen molar-refractivity contribution < 1.29 is 4.48 Å². The van der Waals surface area contributed by atoms with Gasteiger partial charge in [0, 0.05) is 0 Å². The predicted molar refractivity (Wildman–Crippen MR) is 77.0 cm³/mol. The Balaban J connectivity index is 2.89. The van der Waals surface area contributed by atoms with Crippen LogP contribution < -0.4 is 0 Å². The van der Waals surface area contributed by atoms with Crippen molar-refractivity contribution in [3.63, 3.8) is 0 Å². The molecule has 0 fully saturated rings. The van der Waals surface area contributed by atoms with Crippen LogP contribution in [0, 0.1) is 5.41 Å². The lowest BCUT2D eigenvalue weighted by atomic mass is 9.72. The molecule has 0 bridgehead atoms. The van der Waals surface area contributed by atoms with Crippen LogP contribution in [0.4, 0.5) is 0 Å². The molecular formula is C16H30N+. The molecule has 17 heavy (non-hydrogen) atoms. The number of hydrogen-bond acceptors (Lipinski definition) is 0. The Labute approximate surface area is 108 Å². The molecule has 98 valence electrons. The maximum atomic E-state index is 2.39. The lowest BCUT2D eigenvalue weighted by Gasteiger charge is -2.34. The van der Waals surface area contributed by atoms with Crippen molar-refractivity contribution in [3.05, 3.63) is 23.3 Å². The highest BCUT2D eigenvalue weighted by atomic mass is 15.3. The molecule has 0 saturated heterocycles. The van der Waals surface area contributed by atoms with E-state index in [4.69, 9.17) is 0 Å². The molecule has 1 aliphatic rings. The van der Waals surface area contributed by atoms with Gasteiger partial charge in [-0.1, -0.05) is 25.5 Å². The summed E-state index contributed by atoms with van der Waals surface area (Å²) < 4.78 is 0.989. The zero-order valence-electron chi connectivity index (χ0n) is 12.8. The third-order valence-corrected chi connectivity index (χ3v) is 4.31. The van der Waals surface area contributed by atoms with Crippen molar-refractivity contribution in [3.8, 4) is 0 Å². The molecule has 1 heteroatoms. The lowest BCUT2D eigenvalue weighted by Crippen LogP contribution is -2.42. The first kappa shape index (κ1) is 14.5. The van der Waals surface area contributed by atoms with Crippen LogP contribution in [-0.4, -0.2) is 31.7 Å². The van der Waals surface area contributed by atoms with E-state index in [1.807, 2.05) is 0 Å². The van der Waals surface area contributed by atoms with E-state index in [2.05, 4.69) is 61.0 Å². The van der Waals surface area contributed by atoms with Gasteiger partial charge in [0.2, 0.25) is 0 Å². The number of rotatable bonds is 3. The van der Waals surface area contributed by atoms with Gasteiger partial charge in [0.05, 0.1) is 21.1 Å². The van der Waals surface area contributed by atoms with Crippen molar-refractivity contribution >= 4 is 0 Å².